The molecular weight excluding hydrogens is 104 g/mol. The Kier molecular flexibility index (Phi) is 1.86. The van der Waals surface area contributed by atoms with E-state index < -0.39 is 0 Å². The Morgan fingerprint density at radius 3 is 2.75 bits per heavy atom. The van der Waals surface area contributed by atoms with Crippen LogP contribution in [-0.4, -0.2) is 24.4 Å². The third kappa shape index (κ3) is 1.20. The van der Waals surface area contributed by atoms with Crippen molar-refractivity contribution in [2.24, 2.45) is 5.92 Å². The third-order valence-corrected chi connectivity index (χ3v) is 1.66. The predicted octanol–water partition coefficient (Wildman–Crippen LogP) is 0.404. The lowest BCUT2D eigenvalue weighted by Gasteiger charge is -2.23. The lowest BCUT2D eigenvalue weighted by Crippen LogP contribution is -2.29. The summed E-state index contributed by atoms with van der Waals surface area (Å²) in [5.74, 6) is 0.434. The minimum Gasteiger partial charge on any atom is -0.390 e. The second-order valence-corrected chi connectivity index (χ2v) is 2.41. The van der Waals surface area contributed by atoms with Crippen molar-refractivity contribution in [2.45, 2.75) is 19.4 Å². The SMILES string of the molecule is C[C@H]1CCOC[C@H]1O. The Morgan fingerprint density at radius 1 is 1.62 bits per heavy atom. The number of ether oxygens (including phenoxy) is 1. The van der Waals surface area contributed by atoms with E-state index in [9.17, 15) is 0 Å². The topological polar surface area (TPSA) is 29.5 Å². The van der Waals surface area contributed by atoms with Crippen molar-refractivity contribution in [3.8, 4) is 0 Å². The maximum Gasteiger partial charge on any atom is 0.0799 e. The maximum absolute atomic E-state index is 9.05. The molecule has 1 saturated heterocycles. The highest BCUT2D eigenvalue weighted by Gasteiger charge is 2.18. The molecular formula is C6H12O2. The van der Waals surface area contributed by atoms with Gasteiger partial charge in [0.05, 0.1) is 12.7 Å². The highest BCUT2D eigenvalue weighted by Crippen LogP contribution is 2.13. The highest BCUT2D eigenvalue weighted by atomic mass is 16.5. The van der Waals surface area contributed by atoms with Gasteiger partial charge in [-0.15, -0.1) is 0 Å². The Hall–Kier alpha value is -0.0800. The molecule has 1 rings (SSSR count). The third-order valence-electron chi connectivity index (χ3n) is 1.66. The summed E-state index contributed by atoms with van der Waals surface area (Å²) in [5, 5.41) is 9.05. The first-order valence-corrected chi connectivity index (χ1v) is 3.06. The van der Waals surface area contributed by atoms with Crippen molar-refractivity contribution >= 4 is 0 Å². The molecule has 0 bridgehead atoms. The van der Waals surface area contributed by atoms with E-state index in [1.807, 2.05) is 6.92 Å². The van der Waals surface area contributed by atoms with Crippen LogP contribution in [0.3, 0.4) is 0 Å². The number of rotatable bonds is 0. The molecule has 2 nitrogen and oxygen atoms in total. The van der Waals surface area contributed by atoms with Crippen LogP contribution in [-0.2, 0) is 4.74 Å². The number of hydrogen-bond acceptors (Lipinski definition) is 2. The lowest BCUT2D eigenvalue weighted by molar-refractivity contribution is -0.0380. The van der Waals surface area contributed by atoms with Crippen LogP contribution in [0.5, 0.6) is 0 Å². The van der Waals surface area contributed by atoms with Gasteiger partial charge in [0.2, 0.25) is 0 Å². The fraction of sp³-hybridized carbons (Fsp3) is 1.00. The van der Waals surface area contributed by atoms with Crippen LogP contribution < -0.4 is 0 Å². The second kappa shape index (κ2) is 2.46. The van der Waals surface area contributed by atoms with Crippen LogP contribution in [0.25, 0.3) is 0 Å². The van der Waals surface area contributed by atoms with Gasteiger partial charge in [-0.05, 0) is 12.3 Å². The van der Waals surface area contributed by atoms with Crippen molar-refractivity contribution in [3.63, 3.8) is 0 Å². The molecule has 1 aliphatic rings. The molecule has 2 heteroatoms. The van der Waals surface area contributed by atoms with Gasteiger partial charge in [0.15, 0.2) is 0 Å². The first-order chi connectivity index (χ1) is 3.80. The molecule has 0 aromatic carbocycles. The normalized spacial score (nSPS) is 39.8. The van der Waals surface area contributed by atoms with Crippen LogP contribution in [0.1, 0.15) is 13.3 Å². The Morgan fingerprint density at radius 2 is 2.38 bits per heavy atom. The van der Waals surface area contributed by atoms with E-state index in [-0.39, 0.29) is 6.10 Å². The van der Waals surface area contributed by atoms with E-state index in [4.69, 9.17) is 9.84 Å². The standard InChI is InChI=1S/C6H12O2/c1-5-2-3-8-4-6(5)7/h5-7H,2-4H2,1H3/t5-,6+/m0/s1. The summed E-state index contributed by atoms with van der Waals surface area (Å²) in [7, 11) is 0. The minimum atomic E-state index is -0.219. The number of hydrogen-bond donors (Lipinski definition) is 1. The first-order valence-electron chi connectivity index (χ1n) is 3.06. The summed E-state index contributed by atoms with van der Waals surface area (Å²) in [6.07, 6.45) is 0.782. The molecule has 0 aliphatic carbocycles. The molecule has 2 atom stereocenters. The van der Waals surface area contributed by atoms with E-state index in [0.29, 0.717) is 12.5 Å². The summed E-state index contributed by atoms with van der Waals surface area (Å²) < 4.78 is 5.00. The van der Waals surface area contributed by atoms with Gasteiger partial charge < -0.3 is 9.84 Å². The van der Waals surface area contributed by atoms with Crippen LogP contribution in [0.2, 0.25) is 0 Å². The van der Waals surface area contributed by atoms with Gasteiger partial charge in [-0.1, -0.05) is 6.92 Å². The van der Waals surface area contributed by atoms with Gasteiger partial charge in [0.25, 0.3) is 0 Å². The van der Waals surface area contributed by atoms with Gasteiger partial charge in [-0.3, -0.25) is 0 Å². The molecule has 0 spiro atoms. The van der Waals surface area contributed by atoms with Gasteiger partial charge in [-0.25, -0.2) is 0 Å². The molecule has 1 heterocycles. The lowest BCUT2D eigenvalue weighted by atomic mass is 10.0. The molecule has 1 N–H and O–H groups in total. The van der Waals surface area contributed by atoms with Crippen LogP contribution in [0.4, 0.5) is 0 Å². The molecule has 0 amide bonds. The zero-order chi connectivity index (χ0) is 5.98. The summed E-state index contributed by atoms with van der Waals surface area (Å²) >= 11 is 0. The van der Waals surface area contributed by atoms with Crippen LogP contribution in [0.15, 0.2) is 0 Å². The van der Waals surface area contributed by atoms with E-state index in [1.165, 1.54) is 0 Å². The Bertz CT molecular complexity index is 62.9. The zero-order valence-electron chi connectivity index (χ0n) is 5.13. The van der Waals surface area contributed by atoms with Crippen molar-refractivity contribution in [1.82, 2.24) is 0 Å². The molecule has 0 radical (unpaired) electrons. The largest absolute Gasteiger partial charge is 0.390 e. The zero-order valence-corrected chi connectivity index (χ0v) is 5.13. The van der Waals surface area contributed by atoms with Crippen molar-refractivity contribution < 1.29 is 9.84 Å². The van der Waals surface area contributed by atoms with E-state index in [2.05, 4.69) is 0 Å². The van der Waals surface area contributed by atoms with Crippen LogP contribution >= 0.6 is 0 Å². The van der Waals surface area contributed by atoms with E-state index in [0.717, 1.165) is 13.0 Å². The summed E-state index contributed by atoms with van der Waals surface area (Å²) in [5.41, 5.74) is 0. The monoisotopic (exact) mass is 116 g/mol. The van der Waals surface area contributed by atoms with Crippen molar-refractivity contribution in [3.05, 3.63) is 0 Å². The van der Waals surface area contributed by atoms with Gasteiger partial charge >= 0.3 is 0 Å². The smallest absolute Gasteiger partial charge is 0.0799 e. The summed E-state index contributed by atoms with van der Waals surface area (Å²) in [6, 6.07) is 0. The second-order valence-electron chi connectivity index (χ2n) is 2.41. The predicted molar refractivity (Wildman–Crippen MR) is 30.6 cm³/mol. The van der Waals surface area contributed by atoms with Gasteiger partial charge in [-0.2, -0.15) is 0 Å². The quantitative estimate of drug-likeness (QED) is 0.496. The Labute approximate surface area is 49.5 Å². The molecule has 8 heavy (non-hydrogen) atoms. The first kappa shape index (κ1) is 6.05. The number of aliphatic hydroxyl groups excluding tert-OH is 1. The summed E-state index contributed by atoms with van der Waals surface area (Å²) in [6.45, 7) is 3.40. The molecule has 0 saturated carbocycles. The average molecular weight is 116 g/mol. The van der Waals surface area contributed by atoms with E-state index >= 15 is 0 Å². The molecule has 1 fully saturated rings. The van der Waals surface area contributed by atoms with E-state index in [1.54, 1.807) is 0 Å². The molecule has 1 aliphatic heterocycles. The highest BCUT2D eigenvalue weighted by molar-refractivity contribution is 4.67. The average Bonchev–Trinajstić information content (AvgIpc) is 1.77. The van der Waals surface area contributed by atoms with Crippen LogP contribution in [0, 0.1) is 5.92 Å². The molecule has 48 valence electrons. The molecule has 0 aromatic rings. The molecule has 0 aromatic heterocycles. The minimum absolute atomic E-state index is 0.219. The maximum atomic E-state index is 9.05. The van der Waals surface area contributed by atoms with Crippen molar-refractivity contribution in [2.75, 3.05) is 13.2 Å². The molecule has 0 unspecified atom stereocenters. The Balaban J connectivity index is 2.28. The van der Waals surface area contributed by atoms with Gasteiger partial charge in [0.1, 0.15) is 0 Å². The fourth-order valence-corrected chi connectivity index (χ4v) is 0.830. The number of aliphatic hydroxyl groups is 1. The van der Waals surface area contributed by atoms with Gasteiger partial charge in [0, 0.05) is 6.61 Å². The fourth-order valence-electron chi connectivity index (χ4n) is 0.830. The summed E-state index contributed by atoms with van der Waals surface area (Å²) in [4.78, 5) is 0. The van der Waals surface area contributed by atoms with Crippen molar-refractivity contribution in [1.29, 1.82) is 0 Å².